The van der Waals surface area contributed by atoms with Gasteiger partial charge in [0.1, 0.15) is 0 Å². The molecule has 0 aliphatic rings. The van der Waals surface area contributed by atoms with Crippen LogP contribution in [0.3, 0.4) is 0 Å². The summed E-state index contributed by atoms with van der Waals surface area (Å²) in [5, 5.41) is 11.3. The first-order chi connectivity index (χ1) is 11.5. The number of amides is 3. The van der Waals surface area contributed by atoms with Gasteiger partial charge in [-0.05, 0) is 38.1 Å². The van der Waals surface area contributed by atoms with Crippen molar-refractivity contribution in [3.8, 4) is 0 Å². The van der Waals surface area contributed by atoms with Crippen molar-refractivity contribution in [1.82, 2.24) is 15.6 Å². The van der Waals surface area contributed by atoms with Gasteiger partial charge < -0.3 is 16.0 Å². The normalized spacial score (nSPS) is 11.6. The Kier molecular flexibility index (Phi) is 6.31. The van der Waals surface area contributed by atoms with Crippen LogP contribution in [-0.2, 0) is 0 Å². The van der Waals surface area contributed by atoms with Gasteiger partial charge in [-0.1, -0.05) is 6.92 Å². The molecule has 0 bridgehead atoms. The first-order valence-electron chi connectivity index (χ1n) is 7.84. The minimum Gasteiger partial charge on any atom is -0.352 e. The van der Waals surface area contributed by atoms with E-state index in [1.807, 2.05) is 26.2 Å². The van der Waals surface area contributed by atoms with Crippen molar-refractivity contribution in [2.75, 3.05) is 18.4 Å². The fourth-order valence-electron chi connectivity index (χ4n) is 2.07. The smallest absolute Gasteiger partial charge is 0.319 e. The number of carbonyl (C=O) groups excluding carboxylic acids is 2. The Morgan fingerprint density at radius 2 is 1.92 bits per heavy atom. The highest BCUT2D eigenvalue weighted by molar-refractivity contribution is 7.09. The summed E-state index contributed by atoms with van der Waals surface area (Å²) < 4.78 is 0. The molecule has 1 unspecified atom stereocenters. The van der Waals surface area contributed by atoms with Gasteiger partial charge in [-0.3, -0.25) is 4.79 Å². The fraction of sp³-hybridized carbons (Fsp3) is 0.353. The molecule has 128 valence electrons. The molecular weight excluding hydrogens is 324 g/mol. The van der Waals surface area contributed by atoms with E-state index in [4.69, 9.17) is 0 Å². The van der Waals surface area contributed by atoms with Gasteiger partial charge in [-0.2, -0.15) is 0 Å². The zero-order valence-electron chi connectivity index (χ0n) is 14.1. The number of benzene rings is 1. The Morgan fingerprint density at radius 1 is 1.21 bits per heavy atom. The van der Waals surface area contributed by atoms with Gasteiger partial charge in [0.2, 0.25) is 0 Å². The maximum atomic E-state index is 12.0. The third-order valence-electron chi connectivity index (χ3n) is 3.37. The van der Waals surface area contributed by atoms with Crippen LogP contribution in [0.4, 0.5) is 10.5 Å². The zero-order valence-corrected chi connectivity index (χ0v) is 14.9. The number of hydrogen-bond donors (Lipinski definition) is 3. The second-order valence-electron chi connectivity index (χ2n) is 5.50. The number of aromatic nitrogens is 1. The second-order valence-corrected chi connectivity index (χ2v) is 6.39. The van der Waals surface area contributed by atoms with Crippen LogP contribution < -0.4 is 16.0 Å². The molecule has 2 rings (SSSR count). The highest BCUT2D eigenvalue weighted by atomic mass is 32.1. The highest BCUT2D eigenvalue weighted by Gasteiger charge is 2.11. The van der Waals surface area contributed by atoms with Crippen LogP contribution in [0.2, 0.25) is 0 Å². The summed E-state index contributed by atoms with van der Waals surface area (Å²) in [6, 6.07) is 6.50. The van der Waals surface area contributed by atoms with E-state index in [-0.39, 0.29) is 17.9 Å². The van der Waals surface area contributed by atoms with Gasteiger partial charge in [0.05, 0.1) is 5.01 Å². The van der Waals surface area contributed by atoms with E-state index in [2.05, 4.69) is 20.9 Å². The number of aryl methyl sites for hydroxylation is 1. The molecule has 0 fully saturated rings. The molecule has 1 atom stereocenters. The quantitative estimate of drug-likeness (QED) is 0.751. The number of urea groups is 1. The number of thiazole rings is 1. The lowest BCUT2D eigenvalue weighted by Gasteiger charge is -2.11. The van der Waals surface area contributed by atoms with Crippen LogP contribution >= 0.6 is 11.3 Å². The lowest BCUT2D eigenvalue weighted by molar-refractivity contribution is 0.0956. The molecule has 2 aromatic rings. The number of nitrogens with one attached hydrogen (secondary N) is 3. The van der Waals surface area contributed by atoms with Crippen molar-refractivity contribution in [2.45, 2.75) is 26.7 Å². The Bertz CT molecular complexity index is 697. The van der Waals surface area contributed by atoms with E-state index >= 15 is 0 Å². The lowest BCUT2D eigenvalue weighted by Crippen LogP contribution is -2.31. The molecule has 1 aromatic heterocycles. The average molecular weight is 346 g/mol. The summed E-state index contributed by atoms with van der Waals surface area (Å²) in [5.74, 6) is 0.0376. The highest BCUT2D eigenvalue weighted by Crippen LogP contribution is 2.18. The van der Waals surface area contributed by atoms with Crippen molar-refractivity contribution < 1.29 is 9.59 Å². The summed E-state index contributed by atoms with van der Waals surface area (Å²) in [6.45, 7) is 6.94. The first-order valence-corrected chi connectivity index (χ1v) is 8.72. The van der Waals surface area contributed by atoms with Gasteiger partial charge in [0.15, 0.2) is 0 Å². The van der Waals surface area contributed by atoms with E-state index in [1.54, 1.807) is 35.6 Å². The Labute approximate surface area is 145 Å². The Hall–Kier alpha value is -2.41. The lowest BCUT2D eigenvalue weighted by atomic mass is 10.2. The molecule has 0 spiro atoms. The van der Waals surface area contributed by atoms with E-state index in [9.17, 15) is 9.59 Å². The molecular formula is C17H22N4O2S. The van der Waals surface area contributed by atoms with Crippen LogP contribution in [0.15, 0.2) is 29.6 Å². The van der Waals surface area contributed by atoms with Crippen molar-refractivity contribution in [3.05, 3.63) is 45.9 Å². The minimum absolute atomic E-state index is 0.124. The number of rotatable bonds is 6. The zero-order chi connectivity index (χ0) is 17.5. The fourth-order valence-corrected chi connectivity index (χ4v) is 2.93. The van der Waals surface area contributed by atoms with Crippen LogP contribution in [0.5, 0.6) is 0 Å². The average Bonchev–Trinajstić information content (AvgIpc) is 3.00. The van der Waals surface area contributed by atoms with Gasteiger partial charge in [0, 0.05) is 41.3 Å². The summed E-state index contributed by atoms with van der Waals surface area (Å²) in [6.07, 6.45) is 0. The van der Waals surface area contributed by atoms with Gasteiger partial charge in [0.25, 0.3) is 5.91 Å². The molecule has 3 amide bonds. The van der Waals surface area contributed by atoms with Crippen molar-refractivity contribution in [2.24, 2.45) is 0 Å². The maximum absolute atomic E-state index is 12.0. The van der Waals surface area contributed by atoms with Crippen LogP contribution in [0, 0.1) is 6.92 Å². The Balaban J connectivity index is 1.82. The third-order valence-corrected chi connectivity index (χ3v) is 4.56. The number of carbonyl (C=O) groups is 2. The molecule has 0 aliphatic heterocycles. The van der Waals surface area contributed by atoms with E-state index < -0.39 is 0 Å². The molecule has 6 nitrogen and oxygen atoms in total. The van der Waals surface area contributed by atoms with Gasteiger partial charge in [-0.25, -0.2) is 9.78 Å². The predicted molar refractivity (Wildman–Crippen MR) is 96.7 cm³/mol. The standard InChI is InChI=1S/C17H22N4O2S/c1-4-18-15(22)13-5-7-14(8-6-13)21-17(23)19-9-11(2)16-20-12(3)10-24-16/h5-8,10-11H,4,9H2,1-3H3,(H,18,22)(H2,19,21,23). The van der Waals surface area contributed by atoms with Crippen molar-refractivity contribution in [3.63, 3.8) is 0 Å². The topological polar surface area (TPSA) is 83.1 Å². The maximum Gasteiger partial charge on any atom is 0.319 e. The summed E-state index contributed by atoms with van der Waals surface area (Å²) in [7, 11) is 0. The van der Waals surface area contributed by atoms with Gasteiger partial charge in [-0.15, -0.1) is 11.3 Å². The second kappa shape index (κ2) is 8.44. The molecule has 1 heterocycles. The minimum atomic E-state index is -0.277. The molecule has 0 radical (unpaired) electrons. The van der Waals surface area contributed by atoms with Crippen LogP contribution in [-0.4, -0.2) is 30.0 Å². The monoisotopic (exact) mass is 346 g/mol. The molecule has 0 saturated heterocycles. The number of hydrogen-bond acceptors (Lipinski definition) is 4. The van der Waals surface area contributed by atoms with Gasteiger partial charge >= 0.3 is 6.03 Å². The van der Waals surface area contributed by atoms with E-state index in [0.717, 1.165) is 10.7 Å². The number of nitrogens with zero attached hydrogens (tertiary/aromatic N) is 1. The SMILES string of the molecule is CCNC(=O)c1ccc(NC(=O)NCC(C)c2nc(C)cs2)cc1. The van der Waals surface area contributed by atoms with Crippen molar-refractivity contribution >= 4 is 29.0 Å². The molecule has 3 N–H and O–H groups in total. The Morgan fingerprint density at radius 3 is 2.50 bits per heavy atom. The number of anilines is 1. The third kappa shape index (κ3) is 5.06. The predicted octanol–water partition coefficient (Wildman–Crippen LogP) is 3.13. The molecule has 0 saturated carbocycles. The molecule has 7 heteroatoms. The first kappa shape index (κ1) is 17.9. The van der Waals surface area contributed by atoms with Crippen LogP contribution in [0.1, 0.15) is 40.8 Å². The molecule has 1 aromatic carbocycles. The molecule has 0 aliphatic carbocycles. The molecule has 24 heavy (non-hydrogen) atoms. The summed E-state index contributed by atoms with van der Waals surface area (Å²) in [5.41, 5.74) is 2.20. The summed E-state index contributed by atoms with van der Waals surface area (Å²) >= 11 is 1.60. The van der Waals surface area contributed by atoms with E-state index in [0.29, 0.717) is 24.3 Å². The van der Waals surface area contributed by atoms with Crippen LogP contribution in [0.25, 0.3) is 0 Å². The van der Waals surface area contributed by atoms with Crippen molar-refractivity contribution in [1.29, 1.82) is 0 Å². The van der Waals surface area contributed by atoms with E-state index in [1.165, 1.54) is 0 Å². The summed E-state index contributed by atoms with van der Waals surface area (Å²) in [4.78, 5) is 28.1. The largest absolute Gasteiger partial charge is 0.352 e.